The minimum absolute atomic E-state index is 0.347. The van der Waals surface area contributed by atoms with Crippen molar-refractivity contribution in [3.05, 3.63) is 0 Å². The smallest absolute Gasteiger partial charge is 0.0637 e. The summed E-state index contributed by atoms with van der Waals surface area (Å²) in [7, 11) is 3.75. The molecule has 0 atom stereocenters. The summed E-state index contributed by atoms with van der Waals surface area (Å²) in [6, 6.07) is 0. The zero-order valence-electron chi connectivity index (χ0n) is 6.89. The van der Waals surface area contributed by atoms with Crippen LogP contribution in [0.15, 0.2) is 0 Å². The molecule has 60 valence electrons. The van der Waals surface area contributed by atoms with E-state index in [1.165, 1.54) is 17.9 Å². The Morgan fingerprint density at radius 3 is 2.30 bits per heavy atom. The summed E-state index contributed by atoms with van der Waals surface area (Å²) in [5.41, 5.74) is 0.347. The van der Waals surface area contributed by atoms with E-state index in [4.69, 9.17) is 4.84 Å². The van der Waals surface area contributed by atoms with E-state index in [1.807, 2.05) is 23.9 Å². The number of hydrogen-bond donors (Lipinski definition) is 0. The fourth-order valence-corrected chi connectivity index (χ4v) is 2.59. The molecule has 10 heavy (non-hydrogen) atoms. The maximum absolute atomic E-state index is 5.17. The van der Waals surface area contributed by atoms with E-state index in [1.54, 1.807) is 7.11 Å². The van der Waals surface area contributed by atoms with E-state index in [9.17, 15) is 0 Å². The SMILES string of the molecule is CCC1(N(C)OC)CSC1. The average molecular weight is 161 g/mol. The van der Waals surface area contributed by atoms with Gasteiger partial charge in [0.2, 0.25) is 0 Å². The lowest BCUT2D eigenvalue weighted by molar-refractivity contribution is -0.173. The van der Waals surface area contributed by atoms with Crippen LogP contribution >= 0.6 is 11.8 Å². The van der Waals surface area contributed by atoms with Gasteiger partial charge in [0.05, 0.1) is 12.6 Å². The molecule has 0 aromatic rings. The van der Waals surface area contributed by atoms with Crippen LogP contribution in [0.25, 0.3) is 0 Å². The van der Waals surface area contributed by atoms with Crippen LogP contribution in [0.4, 0.5) is 0 Å². The summed E-state index contributed by atoms with van der Waals surface area (Å²) >= 11 is 1.99. The van der Waals surface area contributed by atoms with Gasteiger partial charge in [0.15, 0.2) is 0 Å². The van der Waals surface area contributed by atoms with Crippen LogP contribution in [0.3, 0.4) is 0 Å². The maximum Gasteiger partial charge on any atom is 0.0637 e. The zero-order valence-corrected chi connectivity index (χ0v) is 7.70. The van der Waals surface area contributed by atoms with Crippen molar-refractivity contribution in [3.8, 4) is 0 Å². The fraction of sp³-hybridized carbons (Fsp3) is 1.00. The first-order valence-corrected chi connectivity index (χ1v) is 4.76. The molecule has 1 rings (SSSR count). The van der Waals surface area contributed by atoms with Crippen molar-refractivity contribution in [2.45, 2.75) is 18.9 Å². The number of hydrogen-bond acceptors (Lipinski definition) is 3. The number of rotatable bonds is 3. The van der Waals surface area contributed by atoms with Crippen molar-refractivity contribution in [3.63, 3.8) is 0 Å². The highest BCUT2D eigenvalue weighted by molar-refractivity contribution is 8.00. The second-order valence-corrected chi connectivity index (χ2v) is 3.74. The number of hydroxylamine groups is 2. The van der Waals surface area contributed by atoms with Crippen molar-refractivity contribution in [2.75, 3.05) is 25.7 Å². The van der Waals surface area contributed by atoms with Gasteiger partial charge in [0.1, 0.15) is 0 Å². The van der Waals surface area contributed by atoms with E-state index >= 15 is 0 Å². The molecule has 0 bridgehead atoms. The molecule has 0 amide bonds. The van der Waals surface area contributed by atoms with Gasteiger partial charge in [-0.3, -0.25) is 0 Å². The first-order valence-electron chi connectivity index (χ1n) is 3.61. The third-order valence-corrected chi connectivity index (χ3v) is 3.82. The molecule has 1 fully saturated rings. The molecule has 2 nitrogen and oxygen atoms in total. The molecule has 1 aliphatic rings. The van der Waals surface area contributed by atoms with Crippen LogP contribution in [0.5, 0.6) is 0 Å². The lowest BCUT2D eigenvalue weighted by atomic mass is 10.0. The molecule has 0 unspecified atom stereocenters. The van der Waals surface area contributed by atoms with Gasteiger partial charge in [-0.2, -0.15) is 16.8 Å². The second-order valence-electron chi connectivity index (χ2n) is 2.75. The molecular formula is C7H15NOS. The Balaban J connectivity index is 2.46. The Labute approximate surface area is 66.9 Å². The quantitative estimate of drug-likeness (QED) is 0.580. The van der Waals surface area contributed by atoms with Gasteiger partial charge in [-0.1, -0.05) is 6.92 Å². The minimum Gasteiger partial charge on any atom is -0.302 e. The molecule has 1 aliphatic heterocycles. The summed E-state index contributed by atoms with van der Waals surface area (Å²) in [6.45, 7) is 2.22. The lowest BCUT2D eigenvalue weighted by Gasteiger charge is -2.45. The highest BCUT2D eigenvalue weighted by Gasteiger charge is 2.40. The number of nitrogens with zero attached hydrogens (tertiary/aromatic N) is 1. The predicted octanol–water partition coefficient (Wildman–Crippen LogP) is 1.38. The highest BCUT2D eigenvalue weighted by atomic mass is 32.2. The van der Waals surface area contributed by atoms with Gasteiger partial charge in [0, 0.05) is 18.6 Å². The number of thioether (sulfide) groups is 1. The van der Waals surface area contributed by atoms with Gasteiger partial charge in [-0.25, -0.2) is 0 Å². The molecule has 1 heterocycles. The maximum atomic E-state index is 5.17. The van der Waals surface area contributed by atoms with Gasteiger partial charge in [0.25, 0.3) is 0 Å². The molecule has 0 aromatic carbocycles. The van der Waals surface area contributed by atoms with Gasteiger partial charge in [-0.15, -0.1) is 0 Å². The molecule has 0 radical (unpaired) electrons. The second kappa shape index (κ2) is 3.11. The lowest BCUT2D eigenvalue weighted by Crippen LogP contribution is -2.55. The molecule has 0 aliphatic carbocycles. The first-order chi connectivity index (χ1) is 4.75. The normalized spacial score (nSPS) is 22.8. The molecule has 1 saturated heterocycles. The van der Waals surface area contributed by atoms with Crippen molar-refractivity contribution >= 4 is 11.8 Å². The summed E-state index contributed by atoms with van der Waals surface area (Å²) in [4.78, 5) is 5.17. The molecule has 0 saturated carbocycles. The first kappa shape index (κ1) is 8.37. The Hall–Kier alpha value is 0.270. The van der Waals surface area contributed by atoms with E-state index < -0.39 is 0 Å². The van der Waals surface area contributed by atoms with Crippen LogP contribution in [-0.4, -0.2) is 36.3 Å². The van der Waals surface area contributed by atoms with E-state index in [2.05, 4.69) is 6.92 Å². The Bertz CT molecular complexity index is 109. The predicted molar refractivity (Wildman–Crippen MR) is 45.1 cm³/mol. The summed E-state index contributed by atoms with van der Waals surface area (Å²) in [5.74, 6) is 2.43. The van der Waals surface area contributed by atoms with Crippen molar-refractivity contribution in [1.29, 1.82) is 0 Å². The van der Waals surface area contributed by atoms with Crippen LogP contribution in [0.2, 0.25) is 0 Å². The summed E-state index contributed by atoms with van der Waals surface area (Å²) in [5, 5.41) is 1.99. The third-order valence-electron chi connectivity index (χ3n) is 2.34. The van der Waals surface area contributed by atoms with Crippen LogP contribution in [0.1, 0.15) is 13.3 Å². The Kier molecular flexibility index (Phi) is 2.61. The molecule has 0 N–H and O–H groups in total. The largest absolute Gasteiger partial charge is 0.302 e. The Morgan fingerprint density at radius 1 is 1.60 bits per heavy atom. The average Bonchev–Trinajstić information content (AvgIpc) is 1.86. The Morgan fingerprint density at radius 2 is 2.20 bits per heavy atom. The monoisotopic (exact) mass is 161 g/mol. The molecule has 3 heteroatoms. The fourth-order valence-electron chi connectivity index (χ4n) is 1.14. The van der Waals surface area contributed by atoms with Crippen LogP contribution < -0.4 is 0 Å². The third kappa shape index (κ3) is 1.18. The molecule has 0 aromatic heterocycles. The van der Waals surface area contributed by atoms with Gasteiger partial charge < -0.3 is 4.84 Å². The molecule has 0 spiro atoms. The topological polar surface area (TPSA) is 12.5 Å². The van der Waals surface area contributed by atoms with Gasteiger partial charge >= 0.3 is 0 Å². The van der Waals surface area contributed by atoms with E-state index in [0.717, 1.165) is 0 Å². The molecular weight excluding hydrogens is 146 g/mol. The van der Waals surface area contributed by atoms with E-state index in [0.29, 0.717) is 5.54 Å². The van der Waals surface area contributed by atoms with Crippen molar-refractivity contribution in [1.82, 2.24) is 5.06 Å². The zero-order chi connectivity index (χ0) is 7.61. The van der Waals surface area contributed by atoms with Gasteiger partial charge in [-0.05, 0) is 6.42 Å². The summed E-state index contributed by atoms with van der Waals surface area (Å²) < 4.78 is 0. The summed E-state index contributed by atoms with van der Waals surface area (Å²) in [6.07, 6.45) is 1.18. The van der Waals surface area contributed by atoms with Crippen LogP contribution in [-0.2, 0) is 4.84 Å². The van der Waals surface area contributed by atoms with E-state index in [-0.39, 0.29) is 0 Å². The highest BCUT2D eigenvalue weighted by Crippen LogP contribution is 2.36. The van der Waals surface area contributed by atoms with Crippen molar-refractivity contribution < 1.29 is 4.84 Å². The van der Waals surface area contributed by atoms with Crippen molar-refractivity contribution in [2.24, 2.45) is 0 Å². The minimum atomic E-state index is 0.347. The van der Waals surface area contributed by atoms with Crippen LogP contribution in [0, 0.1) is 0 Å². The standard InChI is InChI=1S/C7H15NOS/c1-4-7(5-10-6-7)8(2)9-3/h4-6H2,1-3H3.